The summed E-state index contributed by atoms with van der Waals surface area (Å²) in [5.74, 6) is -0.418. The first-order valence-corrected chi connectivity index (χ1v) is 30.2. The number of nitrogen functional groups attached to an aromatic ring is 1. The Morgan fingerprint density at radius 1 is 0.913 bits per heavy atom. The van der Waals surface area contributed by atoms with Gasteiger partial charge in [0, 0.05) is 86.4 Å². The van der Waals surface area contributed by atoms with Crippen molar-refractivity contribution < 1.29 is 27.9 Å². The van der Waals surface area contributed by atoms with E-state index in [1.807, 2.05) is 23.1 Å². The van der Waals surface area contributed by atoms with E-state index in [0.717, 1.165) is 90.6 Å². The number of aromatic carboxylic acids is 1. The van der Waals surface area contributed by atoms with Gasteiger partial charge in [-0.05, 0) is 84.9 Å². The fraction of sp³-hybridized carbons (Fsp3) is 0.500. The Kier molecular flexibility index (Phi) is 17.1. The molecule has 0 radical (unpaired) electrons. The van der Waals surface area contributed by atoms with E-state index in [2.05, 4.69) is 100 Å². The molecular weight excluding hydrogens is 933 g/mol. The summed E-state index contributed by atoms with van der Waals surface area (Å²) in [6.45, 7) is 16.9. The van der Waals surface area contributed by atoms with Crippen LogP contribution in [0.3, 0.4) is 0 Å². The zero-order chi connectivity index (χ0) is 50.1. The first-order chi connectivity index (χ1) is 32.5. The Labute approximate surface area is 410 Å². The third-order valence-corrected chi connectivity index (χ3v) is 15.5. The zero-order valence-electron chi connectivity index (χ0n) is 41.3. The lowest BCUT2D eigenvalue weighted by molar-refractivity contribution is 0.0667. The molecule has 6 aromatic rings. The highest BCUT2D eigenvalue weighted by molar-refractivity contribution is 7.98. The molecule has 0 aromatic carbocycles. The zero-order valence-corrected chi connectivity index (χ0v) is 43.9. The molecule has 8 rings (SSSR count). The van der Waals surface area contributed by atoms with Gasteiger partial charge in [0.25, 0.3) is 5.91 Å². The molecule has 0 fully saturated rings. The van der Waals surface area contributed by atoms with Gasteiger partial charge in [0.05, 0.1) is 41.6 Å². The molecular formula is C48H68N12O6S2Si. The van der Waals surface area contributed by atoms with E-state index in [1.165, 1.54) is 17.1 Å². The predicted molar refractivity (Wildman–Crippen MR) is 273 cm³/mol. The number of anilines is 2. The Morgan fingerprint density at radius 3 is 2.12 bits per heavy atom. The maximum atomic E-state index is 12.8. The van der Waals surface area contributed by atoms with Crippen LogP contribution < -0.4 is 11.1 Å². The number of amides is 1. The van der Waals surface area contributed by atoms with E-state index < -0.39 is 29.9 Å². The number of carbonyl (C=O) groups excluding carboxylic acids is 1. The van der Waals surface area contributed by atoms with Crippen molar-refractivity contribution >= 4 is 52.9 Å². The van der Waals surface area contributed by atoms with Gasteiger partial charge in [0.1, 0.15) is 16.6 Å². The topological polar surface area (TPSA) is 244 Å². The summed E-state index contributed by atoms with van der Waals surface area (Å²) in [7, 11) is -4.39. The Hall–Kier alpha value is -5.64. The van der Waals surface area contributed by atoms with Gasteiger partial charge < -0.3 is 20.9 Å². The van der Waals surface area contributed by atoms with Crippen LogP contribution in [0.25, 0.3) is 0 Å². The number of pyridine rings is 2. The molecule has 2 atom stereocenters. The summed E-state index contributed by atoms with van der Waals surface area (Å²) in [6, 6.07) is 8.31. The number of aromatic nitrogens is 10. The van der Waals surface area contributed by atoms with Crippen LogP contribution in [0.4, 0.5) is 11.4 Å². The van der Waals surface area contributed by atoms with Crippen LogP contribution in [0.5, 0.6) is 0 Å². The molecule has 0 aliphatic heterocycles. The maximum absolute atomic E-state index is 12.8. The first-order valence-electron chi connectivity index (χ1n) is 23.1. The lowest BCUT2D eigenvalue weighted by Crippen LogP contribution is -2.25. The number of nitrogens with one attached hydrogen (secondary N) is 2. The van der Waals surface area contributed by atoms with Gasteiger partial charge in [-0.15, -0.1) is 0 Å². The van der Waals surface area contributed by atoms with E-state index in [9.17, 15) is 23.1 Å². The highest BCUT2D eigenvalue weighted by Gasteiger charge is 2.34. The number of ether oxygens (including phenoxy) is 1. The molecule has 18 nitrogen and oxygen atoms in total. The van der Waals surface area contributed by atoms with Gasteiger partial charge in [-0.1, -0.05) is 59.5 Å². The van der Waals surface area contributed by atoms with Gasteiger partial charge in [-0.2, -0.15) is 32.2 Å². The normalized spacial score (nSPS) is 15.8. The van der Waals surface area contributed by atoms with Crippen LogP contribution in [0.2, 0.25) is 25.7 Å². The summed E-state index contributed by atoms with van der Waals surface area (Å²) >= 11 is 1.78. The van der Waals surface area contributed by atoms with Crippen LogP contribution in [0.1, 0.15) is 107 Å². The van der Waals surface area contributed by atoms with E-state index >= 15 is 0 Å². The number of fused-ring (bicyclic) bond motifs is 2. The van der Waals surface area contributed by atoms with Crippen LogP contribution in [-0.4, -0.2) is 114 Å². The number of hydrogen-bond donors (Lipinski definition) is 4. The number of hydrogen-bond acceptors (Lipinski definition) is 13. The molecule has 6 aromatic heterocycles. The third kappa shape index (κ3) is 14.9. The monoisotopic (exact) mass is 1000 g/mol. The minimum Gasteiger partial charge on any atom is -0.476 e. The summed E-state index contributed by atoms with van der Waals surface area (Å²) in [4.78, 5) is 32.5. The fourth-order valence-corrected chi connectivity index (χ4v) is 10.7. The number of H-pyrrole nitrogens is 1. The molecule has 2 aliphatic rings. The molecule has 0 bridgehead atoms. The molecule has 69 heavy (non-hydrogen) atoms. The standard InChI is InChI=1S/C21H26N6O3S.C16H28N2O3Si.C11H14N4S/c1-21(2)7-6-16-17(9-21)25-26-19(16)20(28)24-15-11-23-27(12-15)18(13-31(3,29)30)14-5-4-8-22-10-14;1-16(2)7-6-12-13(10-16)18(17-14(12)15(19)20)11-21-8-9-22(3,4)5;1-16-8-11(9-3-2-4-13-5-9)15-7-10(12)6-14-15/h4-5,8,10-12,18H,6-7,9,13H2,1-3H3,(H,24,28)(H,25,26);6-11H2,1-5H3,(H,19,20);2-7,11H,8,12H2,1H3. The molecule has 0 saturated heterocycles. The molecule has 2 unspecified atom stereocenters. The van der Waals surface area contributed by atoms with Gasteiger partial charge in [-0.25, -0.2) is 17.9 Å². The minimum absolute atomic E-state index is 0.129. The SMILES string of the molecule is CC1(C)CCc2c(C(=O)Nc3cnn(C(CS(C)(=O)=O)c4cccnc4)c3)n[nH]c2C1.CC1(C)CCc2c(C(=O)O)nn(COCC[Si](C)(C)C)c2C1.CSCC(c1cccnc1)n1cc(N)cn1. The maximum Gasteiger partial charge on any atom is 0.356 e. The van der Waals surface area contributed by atoms with E-state index in [0.29, 0.717) is 23.8 Å². The highest BCUT2D eigenvalue weighted by Crippen LogP contribution is 2.37. The van der Waals surface area contributed by atoms with Crippen LogP contribution in [0.15, 0.2) is 73.8 Å². The van der Waals surface area contributed by atoms with Crippen molar-refractivity contribution in [3.05, 3.63) is 119 Å². The highest BCUT2D eigenvalue weighted by atomic mass is 32.2. The van der Waals surface area contributed by atoms with Crippen molar-refractivity contribution in [1.29, 1.82) is 0 Å². The number of sulfone groups is 1. The molecule has 5 N–H and O–H groups in total. The second kappa shape index (κ2) is 22.4. The number of nitrogens with two attached hydrogens (primary N) is 1. The lowest BCUT2D eigenvalue weighted by atomic mass is 9.76. The quantitative estimate of drug-likeness (QED) is 0.0539. The number of carboxylic acids is 1. The smallest absolute Gasteiger partial charge is 0.356 e. The van der Waals surface area contributed by atoms with Gasteiger partial charge >= 0.3 is 5.97 Å². The summed E-state index contributed by atoms with van der Waals surface area (Å²) in [6.07, 6.45) is 22.1. The van der Waals surface area contributed by atoms with Gasteiger partial charge in [0.15, 0.2) is 11.4 Å². The largest absolute Gasteiger partial charge is 0.476 e. The lowest BCUT2D eigenvalue weighted by Gasteiger charge is -2.30. The number of nitrogens with zero attached hydrogens (tertiary/aromatic N) is 9. The van der Waals surface area contributed by atoms with Crippen molar-refractivity contribution in [1.82, 2.24) is 49.5 Å². The van der Waals surface area contributed by atoms with Crippen molar-refractivity contribution in [3.63, 3.8) is 0 Å². The average molecular weight is 1000 g/mol. The average Bonchev–Trinajstić information content (AvgIpc) is 4.10. The number of rotatable bonds is 16. The van der Waals surface area contributed by atoms with Gasteiger partial charge in [0.2, 0.25) is 0 Å². The van der Waals surface area contributed by atoms with Gasteiger partial charge in [-0.3, -0.25) is 29.2 Å². The van der Waals surface area contributed by atoms with Crippen molar-refractivity contribution in [2.24, 2.45) is 10.8 Å². The Morgan fingerprint density at radius 2 is 1.54 bits per heavy atom. The number of carboxylic acid groups (broad SMARTS) is 1. The van der Waals surface area contributed by atoms with E-state index in [4.69, 9.17) is 10.5 Å². The van der Waals surface area contributed by atoms with Crippen LogP contribution in [0, 0.1) is 10.8 Å². The second-order valence-corrected chi connectivity index (χ2v) is 29.4. The van der Waals surface area contributed by atoms with Crippen molar-refractivity contribution in [2.75, 3.05) is 41.7 Å². The number of carbonyl (C=O) groups is 2. The predicted octanol–water partition coefficient (Wildman–Crippen LogP) is 7.62. The minimum atomic E-state index is -3.28. The molecule has 0 saturated carbocycles. The molecule has 2 aliphatic carbocycles. The second-order valence-electron chi connectivity index (χ2n) is 20.7. The summed E-state index contributed by atoms with van der Waals surface area (Å²) in [5.41, 5.74) is 13.6. The Balaban J connectivity index is 0.000000180. The summed E-state index contributed by atoms with van der Waals surface area (Å²) < 4.78 is 34.9. The van der Waals surface area contributed by atoms with E-state index in [1.54, 1.807) is 59.6 Å². The number of thioether (sulfide) groups is 1. The van der Waals surface area contributed by atoms with E-state index in [-0.39, 0.29) is 34.2 Å². The summed E-state index contributed by atoms with van der Waals surface area (Å²) in [5, 5.41) is 32.3. The van der Waals surface area contributed by atoms with Crippen LogP contribution in [-0.2, 0) is 47.0 Å². The third-order valence-electron chi connectivity index (χ3n) is 12.2. The molecule has 1 amide bonds. The molecule has 21 heteroatoms. The van der Waals surface area contributed by atoms with Crippen molar-refractivity contribution in [2.45, 2.75) is 111 Å². The molecule has 372 valence electrons. The fourth-order valence-electron chi connectivity index (χ4n) is 8.37. The Bertz CT molecular complexity index is 2760. The molecule has 6 heterocycles. The van der Waals surface area contributed by atoms with Crippen LogP contribution >= 0.6 is 11.8 Å². The first kappa shape index (κ1) is 52.7. The molecule has 0 spiro atoms. The van der Waals surface area contributed by atoms with Crippen molar-refractivity contribution in [3.8, 4) is 0 Å². The number of aromatic amines is 1.